The minimum atomic E-state index is -0.176. The van der Waals surface area contributed by atoms with Crippen LogP contribution in [0, 0.1) is 0 Å². The standard InChI is InChI=1S/C22H24N4O2S2/c1-4-9-26-21(28)18(30-22(26)29)14-16-19(25-12-10-23(2)11-13-25)15-7-5-6-8-17(15)24(3)20(16)27/h4-8,14H,1,9-13H2,2-3H3. The molecule has 4 rings (SSSR count). The monoisotopic (exact) mass is 440 g/mol. The van der Waals surface area contributed by atoms with Gasteiger partial charge in [0.1, 0.15) is 4.32 Å². The van der Waals surface area contributed by atoms with E-state index in [1.54, 1.807) is 23.8 Å². The molecule has 30 heavy (non-hydrogen) atoms. The number of anilines is 1. The first-order valence-electron chi connectivity index (χ1n) is 9.84. The van der Waals surface area contributed by atoms with Crippen LogP contribution >= 0.6 is 24.0 Å². The van der Waals surface area contributed by atoms with Crippen molar-refractivity contribution in [2.24, 2.45) is 7.05 Å². The van der Waals surface area contributed by atoms with Crippen molar-refractivity contribution in [2.45, 2.75) is 0 Å². The van der Waals surface area contributed by atoms with Gasteiger partial charge in [-0.2, -0.15) is 0 Å². The number of carbonyl (C=O) groups is 1. The average Bonchev–Trinajstić information content (AvgIpc) is 3.01. The van der Waals surface area contributed by atoms with Crippen LogP contribution in [0.2, 0.25) is 0 Å². The first-order chi connectivity index (χ1) is 14.4. The fourth-order valence-corrected chi connectivity index (χ4v) is 5.18. The number of amides is 1. The fourth-order valence-electron chi connectivity index (χ4n) is 3.92. The average molecular weight is 441 g/mol. The minimum Gasteiger partial charge on any atom is -0.368 e. The first kappa shape index (κ1) is 20.8. The van der Waals surface area contributed by atoms with Gasteiger partial charge in [0.05, 0.1) is 21.7 Å². The predicted octanol–water partition coefficient (Wildman–Crippen LogP) is 2.68. The summed E-state index contributed by atoms with van der Waals surface area (Å²) in [6.45, 7) is 7.55. The third-order valence-corrected chi connectivity index (χ3v) is 6.97. The second kappa shape index (κ2) is 8.37. The number of hydrogen-bond donors (Lipinski definition) is 0. The van der Waals surface area contributed by atoms with Crippen LogP contribution in [0.4, 0.5) is 5.69 Å². The molecule has 1 aromatic heterocycles. The molecule has 8 heteroatoms. The zero-order valence-electron chi connectivity index (χ0n) is 17.1. The Kier molecular flexibility index (Phi) is 5.81. The molecule has 0 atom stereocenters. The van der Waals surface area contributed by atoms with Gasteiger partial charge in [0.15, 0.2) is 0 Å². The fraction of sp³-hybridized carbons (Fsp3) is 0.318. The molecular formula is C22H24N4O2S2. The second-order valence-corrected chi connectivity index (χ2v) is 9.19. The smallest absolute Gasteiger partial charge is 0.266 e. The third kappa shape index (κ3) is 3.59. The zero-order valence-corrected chi connectivity index (χ0v) is 18.8. The molecule has 2 fully saturated rings. The Bertz CT molecular complexity index is 1130. The molecule has 0 N–H and O–H groups in total. The first-order valence-corrected chi connectivity index (χ1v) is 11.1. The number of para-hydroxylation sites is 1. The summed E-state index contributed by atoms with van der Waals surface area (Å²) in [4.78, 5) is 32.8. The Morgan fingerprint density at radius 2 is 1.83 bits per heavy atom. The van der Waals surface area contributed by atoms with Crippen LogP contribution in [-0.2, 0) is 11.8 Å². The number of benzene rings is 1. The van der Waals surface area contributed by atoms with Gasteiger partial charge in [-0.3, -0.25) is 14.5 Å². The van der Waals surface area contributed by atoms with E-state index in [-0.39, 0.29) is 11.5 Å². The predicted molar refractivity (Wildman–Crippen MR) is 129 cm³/mol. The Hall–Kier alpha value is -2.42. The normalized spacial score (nSPS) is 19.3. The molecule has 156 valence electrons. The van der Waals surface area contributed by atoms with Crippen LogP contribution in [0.5, 0.6) is 0 Å². The van der Waals surface area contributed by atoms with E-state index in [0.29, 0.717) is 21.3 Å². The van der Waals surface area contributed by atoms with E-state index in [9.17, 15) is 9.59 Å². The summed E-state index contributed by atoms with van der Waals surface area (Å²) in [7, 11) is 3.88. The number of piperazine rings is 1. The van der Waals surface area contributed by atoms with Crippen LogP contribution < -0.4 is 10.5 Å². The lowest BCUT2D eigenvalue weighted by Gasteiger charge is -2.35. The second-order valence-electron chi connectivity index (χ2n) is 7.51. The van der Waals surface area contributed by atoms with Crippen molar-refractivity contribution in [1.82, 2.24) is 14.4 Å². The highest BCUT2D eigenvalue weighted by molar-refractivity contribution is 8.26. The van der Waals surface area contributed by atoms with Gasteiger partial charge in [-0.1, -0.05) is 48.3 Å². The summed E-state index contributed by atoms with van der Waals surface area (Å²) < 4.78 is 2.15. The van der Waals surface area contributed by atoms with Crippen LogP contribution in [-0.4, -0.2) is 64.4 Å². The Morgan fingerprint density at radius 1 is 1.13 bits per heavy atom. The summed E-state index contributed by atoms with van der Waals surface area (Å²) in [5.41, 5.74) is 2.21. The number of fused-ring (bicyclic) bond motifs is 1. The lowest BCUT2D eigenvalue weighted by molar-refractivity contribution is -0.121. The molecule has 0 radical (unpaired) electrons. The maximum Gasteiger partial charge on any atom is 0.266 e. The molecule has 0 saturated carbocycles. The molecule has 0 spiro atoms. The van der Waals surface area contributed by atoms with Crippen LogP contribution in [0.25, 0.3) is 17.0 Å². The number of nitrogens with zero attached hydrogens (tertiary/aromatic N) is 4. The van der Waals surface area contributed by atoms with Crippen molar-refractivity contribution in [1.29, 1.82) is 0 Å². The number of aryl methyl sites for hydroxylation is 1. The molecule has 2 aromatic rings. The maximum absolute atomic E-state index is 13.4. The number of likely N-dealkylation sites (N-methyl/N-ethyl adjacent to an activating group) is 1. The van der Waals surface area contributed by atoms with Gasteiger partial charge in [0.2, 0.25) is 0 Å². The van der Waals surface area contributed by atoms with Gasteiger partial charge in [-0.15, -0.1) is 6.58 Å². The number of rotatable bonds is 4. The quantitative estimate of drug-likeness (QED) is 0.414. The van der Waals surface area contributed by atoms with E-state index in [1.807, 2.05) is 24.3 Å². The molecule has 6 nitrogen and oxygen atoms in total. The lowest BCUT2D eigenvalue weighted by Crippen LogP contribution is -2.45. The SMILES string of the molecule is C=CCN1C(=O)C(=Cc2c(N3CCN(C)CC3)c3ccccc3n(C)c2=O)SC1=S. The molecule has 2 saturated heterocycles. The van der Waals surface area contributed by atoms with Gasteiger partial charge >= 0.3 is 0 Å². The van der Waals surface area contributed by atoms with E-state index in [4.69, 9.17) is 12.2 Å². The van der Waals surface area contributed by atoms with Crippen LogP contribution in [0.1, 0.15) is 5.56 Å². The highest BCUT2D eigenvalue weighted by atomic mass is 32.2. The van der Waals surface area contributed by atoms with E-state index < -0.39 is 0 Å². The Balaban J connectivity index is 1.91. The summed E-state index contributed by atoms with van der Waals surface area (Å²) in [5, 5.41) is 1.01. The van der Waals surface area contributed by atoms with Crippen LogP contribution in [0.15, 0.2) is 46.6 Å². The van der Waals surface area contributed by atoms with Gasteiger partial charge in [0, 0.05) is 45.2 Å². The van der Waals surface area contributed by atoms with Crippen molar-refractivity contribution in [3.8, 4) is 0 Å². The molecule has 3 heterocycles. The van der Waals surface area contributed by atoms with Crippen molar-refractivity contribution in [3.63, 3.8) is 0 Å². The lowest BCUT2D eigenvalue weighted by atomic mass is 10.1. The van der Waals surface area contributed by atoms with Crippen molar-refractivity contribution in [3.05, 3.63) is 57.7 Å². The van der Waals surface area contributed by atoms with Crippen molar-refractivity contribution < 1.29 is 4.79 Å². The van der Waals surface area contributed by atoms with Gasteiger partial charge < -0.3 is 14.4 Å². The van der Waals surface area contributed by atoms with E-state index in [0.717, 1.165) is 42.8 Å². The molecule has 2 aliphatic heterocycles. The topological polar surface area (TPSA) is 48.8 Å². The van der Waals surface area contributed by atoms with Gasteiger partial charge in [-0.05, 0) is 19.2 Å². The van der Waals surface area contributed by atoms with Crippen molar-refractivity contribution >= 4 is 56.9 Å². The summed E-state index contributed by atoms with van der Waals surface area (Å²) in [6, 6.07) is 7.93. The number of aromatic nitrogens is 1. The summed E-state index contributed by atoms with van der Waals surface area (Å²) in [6.07, 6.45) is 3.38. The maximum atomic E-state index is 13.4. The molecule has 0 bridgehead atoms. The minimum absolute atomic E-state index is 0.114. The molecule has 1 amide bonds. The summed E-state index contributed by atoms with van der Waals surface area (Å²) >= 11 is 6.60. The number of pyridine rings is 1. The molecule has 0 unspecified atom stereocenters. The Labute approximate surface area is 185 Å². The number of thiocarbonyl (C=S) groups is 1. The largest absolute Gasteiger partial charge is 0.368 e. The van der Waals surface area contributed by atoms with E-state index >= 15 is 0 Å². The van der Waals surface area contributed by atoms with E-state index in [1.165, 1.54) is 16.7 Å². The molecule has 0 aliphatic carbocycles. The molecule has 2 aliphatic rings. The van der Waals surface area contributed by atoms with Crippen molar-refractivity contribution in [2.75, 3.05) is 44.7 Å². The Morgan fingerprint density at radius 3 is 2.53 bits per heavy atom. The van der Waals surface area contributed by atoms with Gasteiger partial charge in [0.25, 0.3) is 11.5 Å². The highest BCUT2D eigenvalue weighted by Gasteiger charge is 2.32. The summed E-state index contributed by atoms with van der Waals surface area (Å²) in [5.74, 6) is -0.176. The van der Waals surface area contributed by atoms with Crippen LogP contribution in [0.3, 0.4) is 0 Å². The zero-order chi connectivity index (χ0) is 21.4. The molecule has 1 aromatic carbocycles. The number of carbonyl (C=O) groups excluding carboxylic acids is 1. The third-order valence-electron chi connectivity index (χ3n) is 5.59. The highest BCUT2D eigenvalue weighted by Crippen LogP contribution is 2.36. The van der Waals surface area contributed by atoms with Gasteiger partial charge in [-0.25, -0.2) is 0 Å². The van der Waals surface area contributed by atoms with E-state index in [2.05, 4.69) is 23.4 Å². The number of thioether (sulfide) groups is 1. The number of hydrogen-bond acceptors (Lipinski definition) is 6. The molecular weight excluding hydrogens is 416 g/mol.